The van der Waals surface area contributed by atoms with Crippen LogP contribution < -0.4 is 0 Å². The molecule has 0 spiro atoms. The van der Waals surface area contributed by atoms with Gasteiger partial charge in [0, 0.05) is 6.42 Å². The summed E-state index contributed by atoms with van der Waals surface area (Å²) in [6, 6.07) is 0. The minimum Gasteiger partial charge on any atom is -0.283 e. The quantitative estimate of drug-likeness (QED) is 0.551. The minimum absolute atomic E-state index is 1.12. The van der Waals surface area contributed by atoms with Crippen molar-refractivity contribution in [1.29, 1.82) is 0 Å². The van der Waals surface area contributed by atoms with Crippen LogP contribution in [0.15, 0.2) is 0 Å². The van der Waals surface area contributed by atoms with E-state index in [-0.39, 0.29) is 0 Å². The Bertz CT molecular complexity index is 365. The molecular formula is C8H11F7O3S. The van der Waals surface area contributed by atoms with Crippen molar-refractivity contribution in [2.75, 3.05) is 6.67 Å². The summed E-state index contributed by atoms with van der Waals surface area (Å²) < 4.78 is 117. The molecule has 0 amide bonds. The molecule has 0 rings (SSSR count). The molecule has 0 heterocycles. The molecule has 6 atom stereocenters. The van der Waals surface area contributed by atoms with Crippen LogP contribution in [-0.4, -0.2) is 56.0 Å². The van der Waals surface area contributed by atoms with Crippen molar-refractivity contribution in [1.82, 2.24) is 0 Å². The van der Waals surface area contributed by atoms with Crippen molar-refractivity contribution in [2.45, 2.75) is 42.8 Å². The third-order valence-corrected chi connectivity index (χ3v) is 3.01. The zero-order valence-corrected chi connectivity index (χ0v) is 10.0. The molecule has 1 N–H and O–H groups in total. The molecule has 0 fully saturated rings. The first-order valence-electron chi connectivity index (χ1n) is 4.90. The molecule has 11 heteroatoms. The summed E-state index contributed by atoms with van der Waals surface area (Å²) in [5, 5.41) is 0. The molecule has 0 aromatic heterocycles. The van der Waals surface area contributed by atoms with Crippen LogP contribution in [0.4, 0.5) is 30.7 Å². The smallest absolute Gasteiger partial charge is 0.283 e. The van der Waals surface area contributed by atoms with Gasteiger partial charge in [0.05, 0.1) is 6.67 Å². The first-order chi connectivity index (χ1) is 8.53. The summed E-state index contributed by atoms with van der Waals surface area (Å²) in [5.74, 6) is 0. The molecule has 0 aliphatic heterocycles. The lowest BCUT2D eigenvalue weighted by Crippen LogP contribution is -2.44. The van der Waals surface area contributed by atoms with E-state index < -0.39 is 59.6 Å². The fourth-order valence-corrected chi connectivity index (χ4v) is 1.60. The molecule has 116 valence electrons. The van der Waals surface area contributed by atoms with Crippen molar-refractivity contribution in [3.8, 4) is 0 Å². The highest BCUT2D eigenvalue weighted by Gasteiger charge is 2.46. The van der Waals surface area contributed by atoms with Gasteiger partial charge in [0.2, 0.25) is 0 Å². The van der Waals surface area contributed by atoms with Gasteiger partial charge in [0.15, 0.2) is 24.7 Å². The van der Waals surface area contributed by atoms with Gasteiger partial charge in [-0.05, 0) is 0 Å². The lowest BCUT2D eigenvalue weighted by atomic mass is 10.0. The van der Waals surface area contributed by atoms with Gasteiger partial charge in [-0.3, -0.25) is 8.94 Å². The van der Waals surface area contributed by atoms with Gasteiger partial charge in [-0.15, -0.1) is 0 Å². The van der Waals surface area contributed by atoms with Gasteiger partial charge < -0.3 is 0 Å². The fourth-order valence-electron chi connectivity index (χ4n) is 1.12. The Hall–Kier alpha value is -0.580. The average Bonchev–Trinajstić information content (AvgIpc) is 2.33. The Kier molecular flexibility index (Phi) is 7.05. The Labute approximate surface area is 104 Å². The van der Waals surface area contributed by atoms with E-state index in [9.17, 15) is 39.2 Å². The monoisotopic (exact) mass is 320 g/mol. The molecule has 0 aliphatic carbocycles. The molecule has 19 heavy (non-hydrogen) atoms. The summed E-state index contributed by atoms with van der Waals surface area (Å²) >= 11 is 0. The van der Waals surface area contributed by atoms with Crippen molar-refractivity contribution in [2.24, 2.45) is 0 Å². The van der Waals surface area contributed by atoms with Crippen LogP contribution in [0.1, 0.15) is 6.42 Å². The average molecular weight is 320 g/mol. The largest absolute Gasteiger partial charge is 0.300 e. The third kappa shape index (κ3) is 5.13. The highest BCUT2D eigenvalue weighted by atomic mass is 32.2. The number of alkyl halides is 7. The molecule has 0 saturated heterocycles. The molecule has 3 nitrogen and oxygen atoms in total. The second kappa shape index (κ2) is 7.27. The molecule has 0 aromatic carbocycles. The van der Waals surface area contributed by atoms with Crippen LogP contribution >= 0.6 is 0 Å². The van der Waals surface area contributed by atoms with E-state index in [2.05, 4.69) is 0 Å². The normalized spacial score (nSPS) is 22.3. The van der Waals surface area contributed by atoms with E-state index in [4.69, 9.17) is 4.55 Å². The van der Waals surface area contributed by atoms with E-state index in [0.29, 0.717) is 0 Å². The van der Waals surface area contributed by atoms with E-state index >= 15 is 0 Å². The summed E-state index contributed by atoms with van der Waals surface area (Å²) in [6.45, 7) is -1.39. The predicted molar refractivity (Wildman–Crippen MR) is 51.5 cm³/mol. The number of halogens is 7. The number of hydrogen-bond acceptors (Lipinski definition) is 2. The summed E-state index contributed by atoms with van der Waals surface area (Å²) in [5.41, 5.74) is -3.84. The van der Waals surface area contributed by atoms with E-state index in [1.54, 1.807) is 0 Å². The molecule has 0 saturated carbocycles. The zero-order valence-electron chi connectivity index (χ0n) is 9.20. The van der Waals surface area contributed by atoms with Gasteiger partial charge in [-0.25, -0.2) is 26.3 Å². The predicted octanol–water partition coefficient (Wildman–Crippen LogP) is 2.22. The first-order valence-corrected chi connectivity index (χ1v) is 6.41. The number of hydrogen-bond donors (Lipinski definition) is 1. The molecule has 0 bridgehead atoms. The second-order valence-electron chi connectivity index (χ2n) is 3.64. The van der Waals surface area contributed by atoms with Gasteiger partial charge in [0.25, 0.3) is 5.50 Å². The third-order valence-electron chi connectivity index (χ3n) is 2.18. The Balaban J connectivity index is 4.76. The topological polar surface area (TPSA) is 54.4 Å². The van der Waals surface area contributed by atoms with Crippen LogP contribution in [0, 0.1) is 0 Å². The maximum atomic E-state index is 13.0. The van der Waals surface area contributed by atoms with Gasteiger partial charge >= 0.3 is 10.1 Å². The summed E-state index contributed by atoms with van der Waals surface area (Å²) in [4.78, 5) is 0. The lowest BCUT2D eigenvalue weighted by Gasteiger charge is -2.22. The SMILES string of the molecule is O=S(=O)(O)C(F)C(F)C(F)C(F)C(F)C(F)CCF. The molecule has 6 unspecified atom stereocenters. The van der Waals surface area contributed by atoms with E-state index in [0.717, 1.165) is 0 Å². The van der Waals surface area contributed by atoms with Crippen LogP contribution in [0.2, 0.25) is 0 Å². The Morgan fingerprint density at radius 1 is 0.842 bits per heavy atom. The summed E-state index contributed by atoms with van der Waals surface area (Å²) in [7, 11) is -5.66. The van der Waals surface area contributed by atoms with E-state index in [1.807, 2.05) is 0 Å². The van der Waals surface area contributed by atoms with Gasteiger partial charge in [-0.1, -0.05) is 0 Å². The maximum Gasteiger partial charge on any atom is 0.300 e. The second-order valence-corrected chi connectivity index (χ2v) is 5.12. The Morgan fingerprint density at radius 3 is 1.63 bits per heavy atom. The van der Waals surface area contributed by atoms with Crippen LogP contribution in [-0.2, 0) is 10.1 Å². The summed E-state index contributed by atoms with van der Waals surface area (Å²) in [6.07, 6.45) is -18.2. The van der Waals surface area contributed by atoms with Crippen LogP contribution in [0.25, 0.3) is 0 Å². The van der Waals surface area contributed by atoms with Crippen LogP contribution in [0.3, 0.4) is 0 Å². The molecule has 0 radical (unpaired) electrons. The van der Waals surface area contributed by atoms with E-state index in [1.165, 1.54) is 0 Å². The number of rotatable bonds is 8. The maximum absolute atomic E-state index is 13.0. The zero-order chi connectivity index (χ0) is 15.4. The Morgan fingerprint density at radius 2 is 1.26 bits per heavy atom. The highest BCUT2D eigenvalue weighted by Crippen LogP contribution is 2.26. The first kappa shape index (κ1) is 18.4. The van der Waals surface area contributed by atoms with Crippen LogP contribution in [0.5, 0.6) is 0 Å². The fraction of sp³-hybridized carbons (Fsp3) is 1.00. The van der Waals surface area contributed by atoms with Crippen molar-refractivity contribution >= 4 is 10.1 Å². The molecular weight excluding hydrogens is 309 g/mol. The highest BCUT2D eigenvalue weighted by molar-refractivity contribution is 7.86. The standard InChI is InChI=1S/C8H11F7O3S/c9-2-1-3(10)4(11)5(12)6(13)7(14)8(15)19(16,17)18/h3-8H,1-2H2,(H,16,17,18). The van der Waals surface area contributed by atoms with Gasteiger partial charge in [0.1, 0.15) is 6.17 Å². The molecule has 0 aliphatic rings. The molecule has 0 aromatic rings. The van der Waals surface area contributed by atoms with Crippen molar-refractivity contribution < 1.29 is 43.7 Å². The van der Waals surface area contributed by atoms with Crippen molar-refractivity contribution in [3.05, 3.63) is 0 Å². The van der Waals surface area contributed by atoms with Gasteiger partial charge in [-0.2, -0.15) is 8.42 Å². The lowest BCUT2D eigenvalue weighted by molar-refractivity contribution is -0.0123. The van der Waals surface area contributed by atoms with Crippen molar-refractivity contribution in [3.63, 3.8) is 0 Å². The minimum atomic E-state index is -5.66.